The standard InChI is InChI=1S/C15H12N2O3/c18-8-9-2-1-3-11-10(6-7-16-14(9)11)12-4-5-13(19)17-15(12)20/h1-3,6-8,12H,4-5H2,(H,17,19,20). The zero-order valence-corrected chi connectivity index (χ0v) is 10.6. The van der Waals surface area contributed by atoms with Crippen molar-refractivity contribution in [3.63, 3.8) is 0 Å². The summed E-state index contributed by atoms with van der Waals surface area (Å²) in [4.78, 5) is 38.5. The first-order valence-electron chi connectivity index (χ1n) is 6.37. The fourth-order valence-electron chi connectivity index (χ4n) is 2.61. The van der Waals surface area contributed by atoms with E-state index in [0.29, 0.717) is 23.9 Å². The van der Waals surface area contributed by atoms with Crippen molar-refractivity contribution < 1.29 is 14.4 Å². The molecule has 0 saturated carbocycles. The first-order chi connectivity index (χ1) is 9.70. The summed E-state index contributed by atoms with van der Waals surface area (Å²) in [6.45, 7) is 0. The highest BCUT2D eigenvalue weighted by atomic mass is 16.2. The van der Waals surface area contributed by atoms with Crippen LogP contribution in [0, 0.1) is 0 Å². The maximum Gasteiger partial charge on any atom is 0.234 e. The van der Waals surface area contributed by atoms with Gasteiger partial charge < -0.3 is 0 Å². The van der Waals surface area contributed by atoms with Crippen LogP contribution in [-0.4, -0.2) is 23.1 Å². The summed E-state index contributed by atoms with van der Waals surface area (Å²) in [6.07, 6.45) is 3.15. The maximum absolute atomic E-state index is 12.0. The average Bonchev–Trinajstić information content (AvgIpc) is 2.46. The number of imide groups is 1. The predicted molar refractivity (Wildman–Crippen MR) is 72.3 cm³/mol. The molecule has 100 valence electrons. The lowest BCUT2D eigenvalue weighted by Gasteiger charge is -2.22. The van der Waals surface area contributed by atoms with Gasteiger partial charge in [0.1, 0.15) is 0 Å². The van der Waals surface area contributed by atoms with E-state index in [4.69, 9.17) is 0 Å². The minimum atomic E-state index is -0.375. The Morgan fingerprint density at radius 1 is 1.25 bits per heavy atom. The average molecular weight is 268 g/mol. The van der Waals surface area contributed by atoms with Crippen molar-refractivity contribution in [1.82, 2.24) is 10.3 Å². The van der Waals surface area contributed by atoms with E-state index in [1.165, 1.54) is 0 Å². The van der Waals surface area contributed by atoms with Crippen molar-refractivity contribution in [2.45, 2.75) is 18.8 Å². The number of fused-ring (bicyclic) bond motifs is 1. The van der Waals surface area contributed by atoms with Crippen LogP contribution in [0.3, 0.4) is 0 Å². The maximum atomic E-state index is 12.0. The van der Waals surface area contributed by atoms with E-state index < -0.39 is 0 Å². The summed E-state index contributed by atoms with van der Waals surface area (Å²) in [6, 6.07) is 7.07. The lowest BCUT2D eigenvalue weighted by atomic mass is 9.88. The summed E-state index contributed by atoms with van der Waals surface area (Å²) >= 11 is 0. The zero-order valence-electron chi connectivity index (χ0n) is 10.6. The number of carbonyl (C=O) groups is 3. The summed E-state index contributed by atoms with van der Waals surface area (Å²) in [5.74, 6) is -0.899. The van der Waals surface area contributed by atoms with Crippen molar-refractivity contribution in [2.24, 2.45) is 0 Å². The Morgan fingerprint density at radius 2 is 2.10 bits per heavy atom. The smallest absolute Gasteiger partial charge is 0.234 e. The number of hydrogen-bond acceptors (Lipinski definition) is 4. The molecule has 0 bridgehead atoms. The molecule has 1 aromatic carbocycles. The number of hydrogen-bond donors (Lipinski definition) is 1. The Balaban J connectivity index is 2.15. The minimum absolute atomic E-state index is 0.238. The molecule has 1 aliphatic rings. The van der Waals surface area contributed by atoms with E-state index in [0.717, 1.165) is 17.2 Å². The molecule has 20 heavy (non-hydrogen) atoms. The zero-order chi connectivity index (χ0) is 14.1. The monoisotopic (exact) mass is 268 g/mol. The van der Waals surface area contributed by atoms with E-state index in [9.17, 15) is 14.4 Å². The predicted octanol–water partition coefficient (Wildman–Crippen LogP) is 1.57. The molecule has 1 aromatic heterocycles. The number of nitrogens with one attached hydrogen (secondary N) is 1. The van der Waals surface area contributed by atoms with Crippen molar-refractivity contribution in [3.8, 4) is 0 Å². The van der Waals surface area contributed by atoms with Crippen LogP contribution in [0.15, 0.2) is 30.5 Å². The van der Waals surface area contributed by atoms with Crippen molar-refractivity contribution in [1.29, 1.82) is 0 Å². The molecule has 3 rings (SSSR count). The Morgan fingerprint density at radius 3 is 2.85 bits per heavy atom. The normalized spacial score (nSPS) is 18.9. The molecule has 5 nitrogen and oxygen atoms in total. The molecule has 5 heteroatoms. The molecule has 1 atom stereocenters. The van der Waals surface area contributed by atoms with Gasteiger partial charge in [-0.2, -0.15) is 0 Å². The highest BCUT2D eigenvalue weighted by Gasteiger charge is 2.29. The van der Waals surface area contributed by atoms with Crippen molar-refractivity contribution in [2.75, 3.05) is 0 Å². The highest BCUT2D eigenvalue weighted by molar-refractivity contribution is 6.04. The Labute approximate surface area is 115 Å². The van der Waals surface area contributed by atoms with Crippen LogP contribution in [0.25, 0.3) is 10.9 Å². The quantitative estimate of drug-likeness (QED) is 0.662. The largest absolute Gasteiger partial charge is 0.298 e. The number of para-hydroxylation sites is 1. The number of aldehydes is 1. The van der Waals surface area contributed by atoms with Crippen molar-refractivity contribution >= 4 is 29.0 Å². The van der Waals surface area contributed by atoms with E-state index in [2.05, 4.69) is 10.3 Å². The van der Waals surface area contributed by atoms with Gasteiger partial charge in [-0.15, -0.1) is 0 Å². The van der Waals surface area contributed by atoms with Crippen LogP contribution < -0.4 is 5.32 Å². The third-order valence-corrected chi connectivity index (χ3v) is 3.58. The Bertz CT molecular complexity index is 724. The van der Waals surface area contributed by atoms with E-state index >= 15 is 0 Å². The summed E-state index contributed by atoms with van der Waals surface area (Å²) in [5, 5.41) is 3.14. The topological polar surface area (TPSA) is 76.1 Å². The number of piperidine rings is 1. The van der Waals surface area contributed by atoms with Crippen LogP contribution >= 0.6 is 0 Å². The number of amides is 2. The van der Waals surface area contributed by atoms with Crippen molar-refractivity contribution in [3.05, 3.63) is 41.6 Å². The van der Waals surface area contributed by atoms with Gasteiger partial charge in [-0.1, -0.05) is 12.1 Å². The molecule has 1 fully saturated rings. The second-order valence-corrected chi connectivity index (χ2v) is 4.77. The fraction of sp³-hybridized carbons (Fsp3) is 0.200. The Hall–Kier alpha value is -2.56. The first-order valence-corrected chi connectivity index (χ1v) is 6.37. The molecule has 0 aliphatic carbocycles. The number of carbonyl (C=O) groups excluding carboxylic acids is 3. The number of pyridine rings is 1. The third-order valence-electron chi connectivity index (χ3n) is 3.58. The van der Waals surface area contributed by atoms with E-state index in [1.807, 2.05) is 6.07 Å². The molecule has 1 saturated heterocycles. The van der Waals surface area contributed by atoms with Crippen LogP contribution in [0.1, 0.15) is 34.7 Å². The van der Waals surface area contributed by atoms with E-state index in [-0.39, 0.29) is 17.7 Å². The molecule has 1 unspecified atom stereocenters. The van der Waals surface area contributed by atoms with Gasteiger partial charge in [0.15, 0.2) is 6.29 Å². The number of aromatic nitrogens is 1. The van der Waals surface area contributed by atoms with Gasteiger partial charge in [0.05, 0.1) is 11.4 Å². The molecular formula is C15H12N2O3. The second kappa shape index (κ2) is 4.85. The minimum Gasteiger partial charge on any atom is -0.298 e. The summed E-state index contributed by atoms with van der Waals surface area (Å²) in [7, 11) is 0. The summed E-state index contributed by atoms with van der Waals surface area (Å²) < 4.78 is 0. The van der Waals surface area contributed by atoms with Crippen LogP contribution in [0.4, 0.5) is 0 Å². The highest BCUT2D eigenvalue weighted by Crippen LogP contribution is 2.30. The number of nitrogens with zero attached hydrogens (tertiary/aromatic N) is 1. The van der Waals surface area contributed by atoms with Gasteiger partial charge in [0, 0.05) is 23.6 Å². The lowest BCUT2D eigenvalue weighted by molar-refractivity contribution is -0.134. The van der Waals surface area contributed by atoms with Crippen LogP contribution in [0.5, 0.6) is 0 Å². The van der Waals surface area contributed by atoms with Gasteiger partial charge in [-0.05, 0) is 24.1 Å². The second-order valence-electron chi connectivity index (χ2n) is 4.77. The molecule has 1 aliphatic heterocycles. The molecule has 0 radical (unpaired) electrons. The van der Waals surface area contributed by atoms with Gasteiger partial charge in [0.2, 0.25) is 11.8 Å². The SMILES string of the molecule is O=Cc1cccc2c(C3CCC(=O)NC3=O)ccnc12. The fourth-order valence-corrected chi connectivity index (χ4v) is 2.61. The number of benzene rings is 1. The molecule has 2 heterocycles. The molecule has 2 amide bonds. The molecular weight excluding hydrogens is 256 g/mol. The van der Waals surface area contributed by atoms with Gasteiger partial charge in [-0.25, -0.2) is 0 Å². The first kappa shape index (κ1) is 12.5. The van der Waals surface area contributed by atoms with Crippen LogP contribution in [-0.2, 0) is 9.59 Å². The van der Waals surface area contributed by atoms with Gasteiger partial charge in [0.25, 0.3) is 0 Å². The lowest BCUT2D eigenvalue weighted by Crippen LogP contribution is -2.39. The van der Waals surface area contributed by atoms with Crippen LogP contribution in [0.2, 0.25) is 0 Å². The molecule has 0 spiro atoms. The molecule has 2 aromatic rings. The van der Waals surface area contributed by atoms with Gasteiger partial charge >= 0.3 is 0 Å². The Kier molecular flexibility index (Phi) is 3.02. The summed E-state index contributed by atoms with van der Waals surface area (Å²) in [5.41, 5.74) is 1.89. The van der Waals surface area contributed by atoms with E-state index in [1.54, 1.807) is 24.4 Å². The number of rotatable bonds is 2. The third kappa shape index (κ3) is 1.97. The molecule has 1 N–H and O–H groups in total. The van der Waals surface area contributed by atoms with Gasteiger partial charge in [-0.3, -0.25) is 24.7 Å².